The summed E-state index contributed by atoms with van der Waals surface area (Å²) >= 11 is 0. The molecule has 0 spiro atoms. The van der Waals surface area contributed by atoms with Crippen molar-refractivity contribution in [2.24, 2.45) is 0 Å². The summed E-state index contributed by atoms with van der Waals surface area (Å²) in [5.41, 5.74) is 1.47. The molecule has 0 saturated carbocycles. The molecule has 0 bridgehead atoms. The number of phenols is 1. The zero-order valence-electron chi connectivity index (χ0n) is 13.4. The molecule has 0 aliphatic heterocycles. The summed E-state index contributed by atoms with van der Waals surface area (Å²) in [6.07, 6.45) is 3.66. The lowest BCUT2D eigenvalue weighted by Crippen LogP contribution is -1.89. The van der Waals surface area contributed by atoms with Crippen LogP contribution in [0.25, 0.3) is 23.5 Å². The minimum absolute atomic E-state index is 0.142. The SMILES string of the molecule is COc1ccc(/C=C/c2nc(-c3ccccc3O)n[nH]2)c(OC)c1. The van der Waals surface area contributed by atoms with Gasteiger partial charge in [-0.05, 0) is 36.4 Å². The van der Waals surface area contributed by atoms with Crippen LogP contribution in [0, 0.1) is 0 Å². The molecule has 3 aromatic rings. The Morgan fingerprint density at radius 3 is 2.62 bits per heavy atom. The topological polar surface area (TPSA) is 80.3 Å². The van der Waals surface area contributed by atoms with E-state index in [0.717, 1.165) is 11.3 Å². The number of phenolic OH excluding ortho intramolecular Hbond substituents is 1. The van der Waals surface area contributed by atoms with Crippen LogP contribution in [0.3, 0.4) is 0 Å². The summed E-state index contributed by atoms with van der Waals surface area (Å²) in [6.45, 7) is 0. The maximum atomic E-state index is 9.86. The first-order chi connectivity index (χ1) is 11.7. The Labute approximate surface area is 139 Å². The lowest BCUT2D eigenvalue weighted by molar-refractivity contribution is 0.394. The molecule has 0 aliphatic rings. The summed E-state index contributed by atoms with van der Waals surface area (Å²) in [5, 5.41) is 16.8. The average molecular weight is 323 g/mol. The number of H-pyrrole nitrogens is 1. The molecule has 0 fully saturated rings. The van der Waals surface area contributed by atoms with Gasteiger partial charge in [-0.15, -0.1) is 0 Å². The zero-order chi connectivity index (χ0) is 16.9. The Bertz CT molecular complexity index is 871. The van der Waals surface area contributed by atoms with Crippen molar-refractivity contribution in [3.63, 3.8) is 0 Å². The van der Waals surface area contributed by atoms with Gasteiger partial charge < -0.3 is 14.6 Å². The third-order valence-electron chi connectivity index (χ3n) is 3.51. The van der Waals surface area contributed by atoms with E-state index >= 15 is 0 Å². The normalized spacial score (nSPS) is 10.9. The van der Waals surface area contributed by atoms with Crippen LogP contribution in [0.4, 0.5) is 0 Å². The number of rotatable bonds is 5. The van der Waals surface area contributed by atoms with Crippen LogP contribution < -0.4 is 9.47 Å². The van der Waals surface area contributed by atoms with Gasteiger partial charge in [0, 0.05) is 11.6 Å². The molecule has 1 heterocycles. The zero-order valence-corrected chi connectivity index (χ0v) is 13.4. The van der Waals surface area contributed by atoms with Crippen molar-refractivity contribution in [2.75, 3.05) is 14.2 Å². The molecule has 6 heteroatoms. The van der Waals surface area contributed by atoms with Gasteiger partial charge >= 0.3 is 0 Å². The van der Waals surface area contributed by atoms with Crippen molar-refractivity contribution in [3.05, 3.63) is 53.9 Å². The van der Waals surface area contributed by atoms with Crippen molar-refractivity contribution in [2.45, 2.75) is 0 Å². The maximum Gasteiger partial charge on any atom is 0.185 e. The van der Waals surface area contributed by atoms with Gasteiger partial charge in [0.15, 0.2) is 5.82 Å². The lowest BCUT2D eigenvalue weighted by Gasteiger charge is -2.06. The number of ether oxygens (including phenoxy) is 2. The van der Waals surface area contributed by atoms with E-state index in [0.29, 0.717) is 23.0 Å². The number of aromatic nitrogens is 3. The fourth-order valence-electron chi connectivity index (χ4n) is 2.26. The molecule has 0 radical (unpaired) electrons. The van der Waals surface area contributed by atoms with E-state index in [1.807, 2.05) is 30.3 Å². The van der Waals surface area contributed by atoms with Crippen LogP contribution in [0.15, 0.2) is 42.5 Å². The minimum Gasteiger partial charge on any atom is -0.507 e. The van der Waals surface area contributed by atoms with Gasteiger partial charge in [-0.25, -0.2) is 4.98 Å². The van der Waals surface area contributed by atoms with Gasteiger partial charge in [0.2, 0.25) is 0 Å². The maximum absolute atomic E-state index is 9.86. The van der Waals surface area contributed by atoms with Crippen LogP contribution in [0.2, 0.25) is 0 Å². The average Bonchev–Trinajstić information content (AvgIpc) is 3.09. The first kappa shape index (κ1) is 15.6. The quantitative estimate of drug-likeness (QED) is 0.752. The molecule has 0 aliphatic carbocycles. The van der Waals surface area contributed by atoms with Crippen molar-refractivity contribution >= 4 is 12.2 Å². The molecule has 122 valence electrons. The third-order valence-corrected chi connectivity index (χ3v) is 3.51. The Morgan fingerprint density at radius 2 is 1.88 bits per heavy atom. The van der Waals surface area contributed by atoms with E-state index in [2.05, 4.69) is 15.2 Å². The predicted molar refractivity (Wildman–Crippen MR) is 92.0 cm³/mol. The van der Waals surface area contributed by atoms with Gasteiger partial charge in [-0.2, -0.15) is 5.10 Å². The first-order valence-corrected chi connectivity index (χ1v) is 7.32. The molecule has 0 unspecified atom stereocenters. The largest absolute Gasteiger partial charge is 0.507 e. The molecule has 3 rings (SSSR count). The number of nitrogens with zero attached hydrogens (tertiary/aromatic N) is 2. The van der Waals surface area contributed by atoms with Crippen LogP contribution in [-0.4, -0.2) is 34.5 Å². The van der Waals surface area contributed by atoms with Crippen molar-refractivity contribution in [1.29, 1.82) is 0 Å². The molecular weight excluding hydrogens is 306 g/mol. The lowest BCUT2D eigenvalue weighted by atomic mass is 10.1. The fourth-order valence-corrected chi connectivity index (χ4v) is 2.26. The highest BCUT2D eigenvalue weighted by molar-refractivity contribution is 5.72. The summed E-state index contributed by atoms with van der Waals surface area (Å²) in [4.78, 5) is 4.37. The van der Waals surface area contributed by atoms with E-state index in [-0.39, 0.29) is 5.75 Å². The monoisotopic (exact) mass is 323 g/mol. The Balaban J connectivity index is 1.85. The molecule has 0 atom stereocenters. The van der Waals surface area contributed by atoms with Crippen molar-refractivity contribution in [3.8, 4) is 28.6 Å². The van der Waals surface area contributed by atoms with Gasteiger partial charge in [-0.3, -0.25) is 5.10 Å². The summed E-state index contributed by atoms with van der Waals surface area (Å²) < 4.78 is 10.5. The number of nitrogens with one attached hydrogen (secondary N) is 1. The van der Waals surface area contributed by atoms with Gasteiger partial charge in [0.25, 0.3) is 0 Å². The third kappa shape index (κ3) is 3.22. The summed E-state index contributed by atoms with van der Waals surface area (Å²) in [5.74, 6) is 2.58. The van der Waals surface area contributed by atoms with Crippen LogP contribution in [0.5, 0.6) is 17.2 Å². The second kappa shape index (κ2) is 6.87. The molecule has 2 aromatic carbocycles. The molecule has 24 heavy (non-hydrogen) atoms. The highest BCUT2D eigenvalue weighted by Crippen LogP contribution is 2.27. The smallest absolute Gasteiger partial charge is 0.185 e. The molecule has 0 amide bonds. The molecule has 2 N–H and O–H groups in total. The Kier molecular flexibility index (Phi) is 4.47. The highest BCUT2D eigenvalue weighted by Gasteiger charge is 2.08. The second-order valence-electron chi connectivity index (χ2n) is 5.00. The minimum atomic E-state index is 0.142. The fraction of sp³-hybridized carbons (Fsp3) is 0.111. The van der Waals surface area contributed by atoms with E-state index in [1.54, 1.807) is 38.5 Å². The second-order valence-corrected chi connectivity index (χ2v) is 5.00. The van der Waals surface area contributed by atoms with Crippen LogP contribution in [-0.2, 0) is 0 Å². The molecule has 0 saturated heterocycles. The highest BCUT2D eigenvalue weighted by atomic mass is 16.5. The number of benzene rings is 2. The number of aromatic hydroxyl groups is 1. The number of para-hydroxylation sites is 1. The molecule has 1 aromatic heterocycles. The molecule has 6 nitrogen and oxygen atoms in total. The first-order valence-electron chi connectivity index (χ1n) is 7.32. The predicted octanol–water partition coefficient (Wildman–Crippen LogP) is 3.36. The van der Waals surface area contributed by atoms with E-state index in [9.17, 15) is 5.11 Å². The summed E-state index contributed by atoms with van der Waals surface area (Å²) in [6, 6.07) is 12.5. The van der Waals surface area contributed by atoms with Crippen molar-refractivity contribution < 1.29 is 14.6 Å². The Morgan fingerprint density at radius 1 is 1.04 bits per heavy atom. The number of hydrogen-bond donors (Lipinski definition) is 2. The van der Waals surface area contributed by atoms with Gasteiger partial charge in [-0.1, -0.05) is 12.1 Å². The number of aromatic amines is 1. The Hall–Kier alpha value is -3.28. The van der Waals surface area contributed by atoms with Crippen LogP contribution in [0.1, 0.15) is 11.4 Å². The molecular formula is C18H17N3O3. The van der Waals surface area contributed by atoms with E-state index in [4.69, 9.17) is 9.47 Å². The van der Waals surface area contributed by atoms with Gasteiger partial charge in [0.1, 0.15) is 23.1 Å². The number of hydrogen-bond acceptors (Lipinski definition) is 5. The van der Waals surface area contributed by atoms with E-state index in [1.165, 1.54) is 0 Å². The van der Waals surface area contributed by atoms with Crippen molar-refractivity contribution in [1.82, 2.24) is 15.2 Å². The van der Waals surface area contributed by atoms with E-state index < -0.39 is 0 Å². The summed E-state index contributed by atoms with van der Waals surface area (Å²) in [7, 11) is 3.22. The number of methoxy groups -OCH3 is 2. The van der Waals surface area contributed by atoms with Gasteiger partial charge in [0.05, 0.1) is 19.8 Å². The van der Waals surface area contributed by atoms with Crippen LogP contribution >= 0.6 is 0 Å². The standard InChI is InChI=1S/C18H17N3O3/c1-23-13-9-7-12(16(11-13)24-2)8-10-17-19-18(21-20-17)14-5-3-4-6-15(14)22/h3-11,22H,1-2H3,(H,19,20,21)/b10-8+.